The molecule has 2 aliphatic rings. The molecule has 28 heavy (non-hydrogen) atoms. The molecule has 1 amide bonds. The van der Waals surface area contributed by atoms with E-state index in [1.807, 2.05) is 23.1 Å². The van der Waals surface area contributed by atoms with Gasteiger partial charge in [-0.25, -0.2) is 0 Å². The van der Waals surface area contributed by atoms with Crippen molar-refractivity contribution in [2.45, 2.75) is 51.4 Å². The topological polar surface area (TPSA) is 65.5 Å². The van der Waals surface area contributed by atoms with E-state index in [0.717, 1.165) is 38.0 Å². The summed E-state index contributed by atoms with van der Waals surface area (Å²) in [5.74, 6) is -0.00645. The van der Waals surface area contributed by atoms with Gasteiger partial charge in [-0.1, -0.05) is 41.2 Å². The quantitative estimate of drug-likeness (QED) is 0.695. The van der Waals surface area contributed by atoms with Gasteiger partial charge in [0.25, 0.3) is 0 Å². The molecule has 148 valence electrons. The number of nitrogens with one attached hydrogen (secondary N) is 1. The third-order valence-corrected chi connectivity index (χ3v) is 6.51. The summed E-state index contributed by atoms with van der Waals surface area (Å²) in [5.41, 5.74) is 3.73. The van der Waals surface area contributed by atoms with Gasteiger partial charge >= 0.3 is 0 Å². The minimum Gasteiger partial charge on any atom is -0.492 e. The maximum Gasteiger partial charge on any atom is 0.232 e. The Bertz CT molecular complexity index is 874. The number of rotatable bonds is 6. The first-order chi connectivity index (χ1) is 13.7. The van der Waals surface area contributed by atoms with Crippen LogP contribution >= 0.6 is 11.3 Å². The molecule has 2 N–H and O–H groups in total. The number of allylic oxidation sites excluding steroid dienone is 1. The van der Waals surface area contributed by atoms with Gasteiger partial charge in [0.05, 0.1) is 11.3 Å². The molecule has 1 aromatic carbocycles. The first-order valence-corrected chi connectivity index (χ1v) is 11.0. The zero-order valence-electron chi connectivity index (χ0n) is 16.1. The van der Waals surface area contributed by atoms with Gasteiger partial charge in [-0.15, -0.1) is 0 Å². The van der Waals surface area contributed by atoms with E-state index in [-0.39, 0.29) is 18.2 Å². The Hall–Kier alpha value is -2.34. The fraction of sp³-hybridized carbons (Fsp3) is 0.455. The molecule has 1 aliphatic heterocycles. The third-order valence-electron chi connectivity index (χ3n) is 5.51. The number of aromatic hydroxyl groups is 1. The number of hydrogen-bond donors (Lipinski definition) is 2. The van der Waals surface area contributed by atoms with Crippen LogP contribution in [0.5, 0.6) is 5.88 Å². The normalized spacial score (nSPS) is 16.4. The Labute approximate surface area is 170 Å². The fourth-order valence-corrected chi connectivity index (χ4v) is 4.89. The van der Waals surface area contributed by atoms with Gasteiger partial charge in [-0.05, 0) is 56.6 Å². The smallest absolute Gasteiger partial charge is 0.232 e. The molecule has 0 fully saturated rings. The fourth-order valence-electron chi connectivity index (χ4n) is 4.02. The number of para-hydroxylation sites is 1. The summed E-state index contributed by atoms with van der Waals surface area (Å²) in [6, 6.07) is 8.08. The zero-order valence-corrected chi connectivity index (χ0v) is 16.9. The molecule has 0 spiro atoms. The Morgan fingerprint density at radius 1 is 1.21 bits per heavy atom. The van der Waals surface area contributed by atoms with E-state index in [2.05, 4.69) is 22.4 Å². The molecule has 5 nitrogen and oxygen atoms in total. The minimum atomic E-state index is -0.0250. The molecule has 2 heterocycles. The van der Waals surface area contributed by atoms with Crippen molar-refractivity contribution in [1.29, 1.82) is 0 Å². The number of benzene rings is 1. The number of carbonyl (C=O) groups is 1. The van der Waals surface area contributed by atoms with E-state index in [9.17, 15) is 9.90 Å². The first kappa shape index (κ1) is 19.0. The second kappa shape index (κ2) is 8.78. The molecule has 0 saturated carbocycles. The molecular weight excluding hydrogens is 370 g/mol. The highest BCUT2D eigenvalue weighted by Crippen LogP contribution is 2.32. The van der Waals surface area contributed by atoms with Crippen LogP contribution in [0.25, 0.3) is 0 Å². The van der Waals surface area contributed by atoms with Gasteiger partial charge in [0, 0.05) is 18.8 Å². The minimum absolute atomic E-state index is 0.0185. The summed E-state index contributed by atoms with van der Waals surface area (Å²) >= 11 is 1.38. The van der Waals surface area contributed by atoms with Crippen LogP contribution in [-0.4, -0.2) is 29.1 Å². The largest absolute Gasteiger partial charge is 0.492 e. The monoisotopic (exact) mass is 397 g/mol. The predicted octanol–water partition coefficient (Wildman–Crippen LogP) is 4.67. The van der Waals surface area contributed by atoms with E-state index in [1.165, 1.54) is 48.2 Å². The maximum absolute atomic E-state index is 12.9. The van der Waals surface area contributed by atoms with Gasteiger partial charge in [0.1, 0.15) is 0 Å². The summed E-state index contributed by atoms with van der Waals surface area (Å²) in [5, 5.41) is 14.2. The Balaban J connectivity index is 1.36. The predicted molar refractivity (Wildman–Crippen MR) is 114 cm³/mol. The number of nitrogens with zero attached hydrogens (tertiary/aromatic N) is 2. The molecule has 0 unspecified atom stereocenters. The van der Waals surface area contributed by atoms with Crippen molar-refractivity contribution >= 4 is 28.1 Å². The third kappa shape index (κ3) is 4.38. The highest BCUT2D eigenvalue weighted by atomic mass is 32.1. The number of anilines is 2. The van der Waals surface area contributed by atoms with Crippen molar-refractivity contribution in [2.24, 2.45) is 0 Å². The molecule has 0 radical (unpaired) electrons. The molecule has 0 atom stereocenters. The summed E-state index contributed by atoms with van der Waals surface area (Å²) in [4.78, 5) is 19.6. The summed E-state index contributed by atoms with van der Waals surface area (Å²) < 4.78 is 0. The summed E-state index contributed by atoms with van der Waals surface area (Å²) in [6.07, 6.45) is 10.5. The maximum atomic E-state index is 12.9. The molecule has 2 aromatic rings. The first-order valence-electron chi connectivity index (χ1n) is 10.2. The molecule has 1 aliphatic carbocycles. The van der Waals surface area contributed by atoms with Crippen LogP contribution in [0.1, 0.15) is 49.0 Å². The number of aryl methyl sites for hydroxylation is 1. The van der Waals surface area contributed by atoms with Crippen molar-refractivity contribution in [3.63, 3.8) is 0 Å². The highest BCUT2D eigenvalue weighted by Gasteiger charge is 2.24. The molecule has 0 bridgehead atoms. The number of thiazole rings is 1. The van der Waals surface area contributed by atoms with Gasteiger partial charge in [-0.2, -0.15) is 4.98 Å². The molecular formula is C22H27N3O2S. The molecule has 4 rings (SSSR count). The second-order valence-corrected chi connectivity index (χ2v) is 8.59. The van der Waals surface area contributed by atoms with Crippen LogP contribution in [0.2, 0.25) is 0 Å². The van der Waals surface area contributed by atoms with Crippen molar-refractivity contribution in [3.8, 4) is 5.88 Å². The number of aromatic nitrogens is 1. The number of carbonyl (C=O) groups excluding carboxylic acids is 1. The second-order valence-electron chi connectivity index (χ2n) is 7.51. The van der Waals surface area contributed by atoms with Crippen LogP contribution in [0.15, 0.2) is 35.9 Å². The average molecular weight is 398 g/mol. The van der Waals surface area contributed by atoms with E-state index >= 15 is 0 Å². The van der Waals surface area contributed by atoms with E-state index in [4.69, 9.17) is 0 Å². The lowest BCUT2D eigenvalue weighted by atomic mass is 9.97. The van der Waals surface area contributed by atoms with Crippen molar-refractivity contribution < 1.29 is 9.90 Å². The lowest BCUT2D eigenvalue weighted by Crippen LogP contribution is -2.36. The lowest BCUT2D eigenvalue weighted by Gasteiger charge is -2.29. The van der Waals surface area contributed by atoms with Crippen molar-refractivity contribution in [2.75, 3.05) is 23.3 Å². The van der Waals surface area contributed by atoms with E-state index < -0.39 is 0 Å². The lowest BCUT2D eigenvalue weighted by molar-refractivity contribution is -0.118. The summed E-state index contributed by atoms with van der Waals surface area (Å²) in [7, 11) is 0. The van der Waals surface area contributed by atoms with E-state index in [1.54, 1.807) is 0 Å². The number of fused-ring (bicyclic) bond motifs is 1. The van der Waals surface area contributed by atoms with Gasteiger partial charge < -0.3 is 15.3 Å². The number of amides is 1. The molecule has 1 aromatic heterocycles. The Morgan fingerprint density at radius 2 is 2.11 bits per heavy atom. The SMILES string of the molecule is O=C(Cc1sc(NCCC2=CCCCC2)nc1O)N1CCCc2ccccc21. The van der Waals surface area contributed by atoms with Crippen LogP contribution in [0.3, 0.4) is 0 Å². The molecule has 0 saturated heterocycles. The van der Waals surface area contributed by atoms with Crippen molar-refractivity contribution in [1.82, 2.24) is 4.98 Å². The molecule has 6 heteroatoms. The number of hydrogen-bond acceptors (Lipinski definition) is 5. The van der Waals surface area contributed by atoms with Crippen LogP contribution in [0, 0.1) is 0 Å². The summed E-state index contributed by atoms with van der Waals surface area (Å²) in [6.45, 7) is 1.54. The van der Waals surface area contributed by atoms with Gasteiger partial charge in [0.2, 0.25) is 11.8 Å². The van der Waals surface area contributed by atoms with Crippen LogP contribution in [0.4, 0.5) is 10.8 Å². The standard InChI is InChI=1S/C22H27N3O2S/c26-20(25-14-6-10-17-9-4-5-11-18(17)25)15-19-21(27)24-22(28-19)23-13-12-16-7-2-1-3-8-16/h4-5,7,9,11,27H,1-3,6,8,10,12-15H2,(H,23,24). The average Bonchev–Trinajstić information content (AvgIpc) is 3.07. The Kier molecular flexibility index (Phi) is 5.95. The van der Waals surface area contributed by atoms with Gasteiger partial charge in [-0.3, -0.25) is 4.79 Å². The Morgan fingerprint density at radius 3 is 2.96 bits per heavy atom. The van der Waals surface area contributed by atoms with Crippen LogP contribution < -0.4 is 10.2 Å². The van der Waals surface area contributed by atoms with Gasteiger partial charge in [0.15, 0.2) is 5.13 Å². The van der Waals surface area contributed by atoms with Crippen molar-refractivity contribution in [3.05, 3.63) is 46.4 Å². The van der Waals surface area contributed by atoms with E-state index in [0.29, 0.717) is 10.0 Å². The zero-order chi connectivity index (χ0) is 19.3. The van der Waals surface area contributed by atoms with Crippen LogP contribution in [-0.2, 0) is 17.6 Å². The highest BCUT2D eigenvalue weighted by molar-refractivity contribution is 7.16.